The van der Waals surface area contributed by atoms with Crippen LogP contribution in [0.15, 0.2) is 0 Å². The van der Waals surface area contributed by atoms with Gasteiger partial charge < -0.3 is 24.8 Å². The molecule has 0 bridgehead atoms. The van der Waals surface area contributed by atoms with E-state index in [1.807, 2.05) is 0 Å². The van der Waals surface area contributed by atoms with Crippen molar-refractivity contribution in [2.24, 2.45) is 5.92 Å². The predicted octanol–water partition coefficient (Wildman–Crippen LogP) is -0.0936. The number of rotatable bonds is 3. The van der Waals surface area contributed by atoms with Crippen molar-refractivity contribution in [1.82, 2.24) is 10.2 Å². The third-order valence-corrected chi connectivity index (χ3v) is 3.77. The Morgan fingerprint density at radius 1 is 1.21 bits per heavy atom. The molecule has 0 saturated carbocycles. The first-order valence-electron chi connectivity index (χ1n) is 6.51. The number of carbonyl (C=O) groups is 2. The van der Waals surface area contributed by atoms with Crippen molar-refractivity contribution < 1.29 is 24.2 Å². The molecular weight excluding hydrogens is 252 g/mol. The normalized spacial score (nSPS) is 28.1. The van der Waals surface area contributed by atoms with E-state index in [2.05, 4.69) is 5.32 Å². The third-order valence-electron chi connectivity index (χ3n) is 3.77. The van der Waals surface area contributed by atoms with Crippen LogP contribution in [-0.2, 0) is 14.3 Å². The van der Waals surface area contributed by atoms with E-state index in [1.165, 1.54) is 0 Å². The van der Waals surface area contributed by atoms with Crippen LogP contribution in [0.1, 0.15) is 12.8 Å². The summed E-state index contributed by atoms with van der Waals surface area (Å²) in [6.45, 7) is 1.73. The average Bonchev–Trinajstić information content (AvgIpc) is 2.87. The summed E-state index contributed by atoms with van der Waals surface area (Å²) in [5, 5.41) is 11.8. The quantitative estimate of drug-likeness (QED) is 0.749. The molecule has 0 aromatic rings. The van der Waals surface area contributed by atoms with E-state index in [4.69, 9.17) is 14.6 Å². The van der Waals surface area contributed by atoms with Gasteiger partial charge in [0.05, 0.1) is 19.3 Å². The molecule has 0 aliphatic carbocycles. The first-order valence-corrected chi connectivity index (χ1v) is 6.51. The van der Waals surface area contributed by atoms with Crippen molar-refractivity contribution in [1.29, 1.82) is 0 Å². The van der Waals surface area contributed by atoms with E-state index in [0.717, 1.165) is 12.8 Å². The van der Waals surface area contributed by atoms with E-state index >= 15 is 0 Å². The van der Waals surface area contributed by atoms with Crippen LogP contribution in [0.2, 0.25) is 0 Å². The minimum absolute atomic E-state index is 0.152. The highest BCUT2D eigenvalue weighted by Gasteiger charge is 2.36. The molecule has 0 aromatic carbocycles. The number of ether oxygens (including phenoxy) is 2. The monoisotopic (exact) mass is 272 g/mol. The summed E-state index contributed by atoms with van der Waals surface area (Å²) in [6, 6.07) is -0.541. The van der Waals surface area contributed by atoms with Gasteiger partial charge in [-0.2, -0.15) is 0 Å². The lowest BCUT2D eigenvalue weighted by Gasteiger charge is -2.32. The Kier molecular flexibility index (Phi) is 4.60. The zero-order valence-corrected chi connectivity index (χ0v) is 11.0. The van der Waals surface area contributed by atoms with Gasteiger partial charge in [0.1, 0.15) is 5.92 Å². The highest BCUT2D eigenvalue weighted by molar-refractivity contribution is 5.77. The lowest BCUT2D eigenvalue weighted by atomic mass is 10.0. The number of hydrogen-bond acceptors (Lipinski definition) is 4. The number of urea groups is 1. The molecular formula is C12H20N2O5. The summed E-state index contributed by atoms with van der Waals surface area (Å²) in [5.41, 5.74) is 0. The fraction of sp³-hybridized carbons (Fsp3) is 0.833. The van der Waals surface area contributed by atoms with E-state index in [-0.39, 0.29) is 25.3 Å². The second-order valence-corrected chi connectivity index (χ2v) is 4.99. The van der Waals surface area contributed by atoms with E-state index in [1.54, 1.807) is 11.9 Å². The molecule has 0 radical (unpaired) electrons. The van der Waals surface area contributed by atoms with E-state index in [9.17, 15) is 9.59 Å². The van der Waals surface area contributed by atoms with Gasteiger partial charge in [-0.1, -0.05) is 0 Å². The second-order valence-electron chi connectivity index (χ2n) is 4.99. The molecule has 2 heterocycles. The van der Waals surface area contributed by atoms with E-state index in [0.29, 0.717) is 13.2 Å². The molecule has 7 nitrogen and oxygen atoms in total. The smallest absolute Gasteiger partial charge is 0.317 e. The first kappa shape index (κ1) is 14.1. The lowest BCUT2D eigenvalue weighted by molar-refractivity contribution is -0.142. The van der Waals surface area contributed by atoms with Crippen LogP contribution < -0.4 is 5.32 Å². The Morgan fingerprint density at radius 3 is 2.53 bits per heavy atom. The molecule has 2 fully saturated rings. The molecule has 0 spiro atoms. The summed E-state index contributed by atoms with van der Waals surface area (Å²) < 4.78 is 10.4. The maximum absolute atomic E-state index is 12.1. The van der Waals surface area contributed by atoms with Crippen LogP contribution >= 0.6 is 0 Å². The third kappa shape index (κ3) is 3.36. The van der Waals surface area contributed by atoms with Gasteiger partial charge in [-0.05, 0) is 12.8 Å². The minimum atomic E-state index is -0.934. The highest BCUT2D eigenvalue weighted by atomic mass is 16.5. The van der Waals surface area contributed by atoms with Crippen LogP contribution in [0.25, 0.3) is 0 Å². The van der Waals surface area contributed by atoms with Gasteiger partial charge in [-0.15, -0.1) is 0 Å². The molecule has 0 aromatic heterocycles. The topological polar surface area (TPSA) is 88.1 Å². The van der Waals surface area contributed by atoms with Gasteiger partial charge in [0, 0.05) is 26.3 Å². The summed E-state index contributed by atoms with van der Waals surface area (Å²) in [7, 11) is 1.73. The number of hydrogen-bond donors (Lipinski definition) is 2. The maximum Gasteiger partial charge on any atom is 0.317 e. The summed E-state index contributed by atoms with van der Waals surface area (Å²) in [4.78, 5) is 24.7. The number of aliphatic carboxylic acids is 1. The molecule has 19 heavy (non-hydrogen) atoms. The molecule has 2 amide bonds. The van der Waals surface area contributed by atoms with Crippen molar-refractivity contribution >= 4 is 12.0 Å². The fourth-order valence-electron chi connectivity index (χ4n) is 2.44. The highest BCUT2D eigenvalue weighted by Crippen LogP contribution is 2.16. The van der Waals surface area contributed by atoms with Crippen LogP contribution in [0.4, 0.5) is 4.79 Å². The van der Waals surface area contributed by atoms with Crippen LogP contribution in [0, 0.1) is 5.92 Å². The maximum atomic E-state index is 12.1. The van der Waals surface area contributed by atoms with Gasteiger partial charge in [-0.3, -0.25) is 4.79 Å². The van der Waals surface area contributed by atoms with Crippen molar-refractivity contribution in [2.45, 2.75) is 24.9 Å². The Morgan fingerprint density at radius 2 is 1.89 bits per heavy atom. The number of carboxylic acids is 1. The minimum Gasteiger partial charge on any atom is -0.481 e. The molecule has 2 N–H and O–H groups in total. The van der Waals surface area contributed by atoms with E-state index < -0.39 is 17.9 Å². The van der Waals surface area contributed by atoms with Crippen LogP contribution in [0.3, 0.4) is 0 Å². The number of carbonyl (C=O) groups excluding carboxylic acids is 1. The molecule has 2 saturated heterocycles. The van der Waals surface area contributed by atoms with Crippen molar-refractivity contribution in [2.75, 3.05) is 33.5 Å². The Balaban J connectivity index is 1.87. The molecule has 2 aliphatic rings. The molecule has 2 atom stereocenters. The molecule has 2 aliphatic heterocycles. The number of nitrogens with one attached hydrogen (secondary N) is 1. The number of nitrogens with zero attached hydrogens (tertiary/aromatic N) is 1. The summed E-state index contributed by atoms with van der Waals surface area (Å²) in [6.07, 6.45) is 1.63. The van der Waals surface area contributed by atoms with Gasteiger partial charge >= 0.3 is 12.0 Å². The molecule has 2 rings (SSSR count). The Hall–Kier alpha value is -1.34. The van der Waals surface area contributed by atoms with Gasteiger partial charge in [0.15, 0.2) is 0 Å². The molecule has 7 heteroatoms. The predicted molar refractivity (Wildman–Crippen MR) is 65.9 cm³/mol. The second kappa shape index (κ2) is 6.21. The van der Waals surface area contributed by atoms with Crippen LogP contribution in [-0.4, -0.2) is 67.6 Å². The van der Waals surface area contributed by atoms with Crippen molar-refractivity contribution in [3.8, 4) is 0 Å². The number of amides is 2. The average molecular weight is 272 g/mol. The first-order chi connectivity index (χ1) is 9.09. The Labute approximate surface area is 111 Å². The standard InChI is InChI=1S/C12H20N2O5/c1-14(8-2-4-18-5-3-8)12(17)13-10-7-19-6-9(10)11(15)16/h8-10H,2-7H2,1H3,(H,13,17)(H,15,16). The zero-order chi connectivity index (χ0) is 13.8. The van der Waals surface area contributed by atoms with Crippen LogP contribution in [0.5, 0.6) is 0 Å². The SMILES string of the molecule is CN(C(=O)NC1COCC1C(=O)O)C1CCOCC1. The Bertz CT molecular complexity index is 343. The lowest BCUT2D eigenvalue weighted by Crippen LogP contribution is -2.51. The summed E-state index contributed by atoms with van der Waals surface area (Å²) >= 11 is 0. The van der Waals surface area contributed by atoms with Gasteiger partial charge in [0.25, 0.3) is 0 Å². The largest absolute Gasteiger partial charge is 0.481 e. The zero-order valence-electron chi connectivity index (χ0n) is 11.0. The van der Waals surface area contributed by atoms with Crippen molar-refractivity contribution in [3.05, 3.63) is 0 Å². The number of carboxylic acid groups (broad SMARTS) is 1. The molecule has 108 valence electrons. The molecule has 2 unspecified atom stereocenters. The fourth-order valence-corrected chi connectivity index (χ4v) is 2.44. The summed E-state index contributed by atoms with van der Waals surface area (Å²) in [5.74, 6) is -1.59. The van der Waals surface area contributed by atoms with Gasteiger partial charge in [-0.25, -0.2) is 4.79 Å². The van der Waals surface area contributed by atoms with Crippen molar-refractivity contribution in [3.63, 3.8) is 0 Å². The van der Waals surface area contributed by atoms with Gasteiger partial charge in [0.2, 0.25) is 0 Å².